The first-order valence-electron chi connectivity index (χ1n) is 10.2. The van der Waals surface area contributed by atoms with Crippen molar-refractivity contribution < 1.29 is 4.79 Å². The number of carbonyl (C=O) groups is 1. The molecule has 0 unspecified atom stereocenters. The number of fused-ring (bicyclic) bond motifs is 1. The molecule has 4 rings (SSSR count). The first-order valence-corrected chi connectivity index (χ1v) is 10.2. The molecule has 0 radical (unpaired) electrons. The highest BCUT2D eigenvalue weighted by Crippen LogP contribution is 2.18. The summed E-state index contributed by atoms with van der Waals surface area (Å²) in [6.07, 6.45) is 5.66. The SMILES string of the molecule is O=C(CCn1cnc2ccccc2c1=O)NCCNc1cc(N2CCCC2)ncn1. The van der Waals surface area contributed by atoms with Crippen molar-refractivity contribution in [2.24, 2.45) is 0 Å². The molecule has 1 amide bonds. The number of carbonyl (C=O) groups excluding carboxylic acids is 1. The Morgan fingerprint density at radius 3 is 2.77 bits per heavy atom. The van der Waals surface area contributed by atoms with Gasteiger partial charge >= 0.3 is 0 Å². The Bertz CT molecular complexity index is 1080. The van der Waals surface area contributed by atoms with Crippen molar-refractivity contribution in [2.45, 2.75) is 25.8 Å². The van der Waals surface area contributed by atoms with Crippen molar-refractivity contribution in [3.63, 3.8) is 0 Å². The molecule has 9 nitrogen and oxygen atoms in total. The van der Waals surface area contributed by atoms with E-state index in [2.05, 4.69) is 30.5 Å². The number of anilines is 2. The summed E-state index contributed by atoms with van der Waals surface area (Å²) in [5.41, 5.74) is 0.527. The predicted octanol–water partition coefficient (Wildman–Crippen LogP) is 1.41. The minimum absolute atomic E-state index is 0.114. The smallest absolute Gasteiger partial charge is 0.261 e. The average Bonchev–Trinajstić information content (AvgIpc) is 3.32. The Morgan fingerprint density at radius 1 is 1.07 bits per heavy atom. The van der Waals surface area contributed by atoms with Gasteiger partial charge in [-0.15, -0.1) is 0 Å². The maximum Gasteiger partial charge on any atom is 0.261 e. The monoisotopic (exact) mass is 407 g/mol. The molecule has 1 fully saturated rings. The number of amides is 1. The molecule has 2 aromatic heterocycles. The lowest BCUT2D eigenvalue weighted by Crippen LogP contribution is -2.31. The number of aryl methyl sites for hydroxylation is 1. The molecule has 1 aromatic carbocycles. The maximum atomic E-state index is 12.4. The Hall–Kier alpha value is -3.49. The molecule has 1 aliphatic heterocycles. The van der Waals surface area contributed by atoms with Gasteiger partial charge in [-0.1, -0.05) is 12.1 Å². The third-order valence-corrected chi connectivity index (χ3v) is 5.15. The number of nitrogens with one attached hydrogen (secondary N) is 2. The summed E-state index contributed by atoms with van der Waals surface area (Å²) in [7, 11) is 0. The molecule has 1 saturated heterocycles. The van der Waals surface area contributed by atoms with E-state index >= 15 is 0 Å². The first kappa shape index (κ1) is 19.8. The fourth-order valence-electron chi connectivity index (χ4n) is 3.53. The van der Waals surface area contributed by atoms with Gasteiger partial charge in [-0.2, -0.15) is 0 Å². The summed E-state index contributed by atoms with van der Waals surface area (Å²) in [4.78, 5) is 39.6. The summed E-state index contributed by atoms with van der Waals surface area (Å²) in [5, 5.41) is 6.63. The second-order valence-corrected chi connectivity index (χ2v) is 7.24. The van der Waals surface area contributed by atoms with Crippen molar-refractivity contribution in [2.75, 3.05) is 36.4 Å². The molecule has 156 valence electrons. The zero-order valence-corrected chi connectivity index (χ0v) is 16.8. The van der Waals surface area contributed by atoms with Gasteiger partial charge < -0.3 is 15.5 Å². The molecule has 1 aliphatic rings. The van der Waals surface area contributed by atoms with Crippen LogP contribution in [0.5, 0.6) is 0 Å². The fraction of sp³-hybridized carbons (Fsp3) is 0.381. The molecule has 3 heterocycles. The summed E-state index contributed by atoms with van der Waals surface area (Å²) in [6, 6.07) is 9.13. The lowest BCUT2D eigenvalue weighted by molar-refractivity contribution is -0.121. The molecule has 2 N–H and O–H groups in total. The van der Waals surface area contributed by atoms with Gasteiger partial charge in [0, 0.05) is 45.2 Å². The standard InChI is InChI=1S/C21H25N7O2/c29-20(7-12-28-15-26-17-6-2-1-5-16(17)21(28)30)23-9-8-22-18-13-19(25-14-24-18)27-10-3-4-11-27/h1-2,5-6,13-15H,3-4,7-12H2,(H,23,29)(H,22,24,25). The Morgan fingerprint density at radius 2 is 1.90 bits per heavy atom. The van der Waals surface area contributed by atoms with Crippen LogP contribution in [0, 0.1) is 0 Å². The van der Waals surface area contributed by atoms with Crippen molar-refractivity contribution in [1.82, 2.24) is 24.8 Å². The van der Waals surface area contributed by atoms with Crippen LogP contribution in [0.3, 0.4) is 0 Å². The van der Waals surface area contributed by atoms with Crippen molar-refractivity contribution in [3.8, 4) is 0 Å². The highest BCUT2D eigenvalue weighted by molar-refractivity contribution is 5.77. The van der Waals surface area contributed by atoms with Gasteiger partial charge in [0.15, 0.2) is 0 Å². The van der Waals surface area contributed by atoms with E-state index in [1.807, 2.05) is 12.1 Å². The zero-order chi connectivity index (χ0) is 20.8. The summed E-state index contributed by atoms with van der Waals surface area (Å²) < 4.78 is 1.47. The number of aromatic nitrogens is 4. The number of hydrogen-bond donors (Lipinski definition) is 2. The second-order valence-electron chi connectivity index (χ2n) is 7.24. The van der Waals surface area contributed by atoms with Crippen LogP contribution in [0.2, 0.25) is 0 Å². The molecule has 0 atom stereocenters. The van der Waals surface area contributed by atoms with Crippen LogP contribution in [-0.2, 0) is 11.3 Å². The molecule has 0 bridgehead atoms. The normalized spacial score (nSPS) is 13.5. The number of benzene rings is 1. The number of nitrogens with zero attached hydrogens (tertiary/aromatic N) is 5. The van der Waals surface area contributed by atoms with Crippen molar-refractivity contribution in [3.05, 3.63) is 53.3 Å². The quantitative estimate of drug-likeness (QED) is 0.544. The molecular weight excluding hydrogens is 382 g/mol. The molecule has 0 saturated carbocycles. The van der Waals surface area contributed by atoms with E-state index in [-0.39, 0.29) is 17.9 Å². The third-order valence-electron chi connectivity index (χ3n) is 5.15. The van der Waals surface area contributed by atoms with E-state index in [1.165, 1.54) is 23.7 Å². The van der Waals surface area contributed by atoms with Gasteiger partial charge in [-0.3, -0.25) is 14.2 Å². The van der Waals surface area contributed by atoms with Crippen LogP contribution in [0.15, 0.2) is 47.8 Å². The summed E-state index contributed by atoms with van der Waals surface area (Å²) in [5.74, 6) is 1.57. The predicted molar refractivity (Wildman–Crippen MR) is 116 cm³/mol. The van der Waals surface area contributed by atoms with E-state index in [0.717, 1.165) is 24.7 Å². The Labute approximate surface area is 174 Å². The first-order chi connectivity index (χ1) is 14.7. The van der Waals surface area contributed by atoms with Crippen LogP contribution in [0.1, 0.15) is 19.3 Å². The fourth-order valence-corrected chi connectivity index (χ4v) is 3.53. The van der Waals surface area contributed by atoms with E-state index < -0.39 is 0 Å². The van der Waals surface area contributed by atoms with Gasteiger partial charge in [0.25, 0.3) is 5.56 Å². The lowest BCUT2D eigenvalue weighted by atomic mass is 10.2. The minimum atomic E-state index is -0.132. The maximum absolute atomic E-state index is 12.4. The van der Waals surface area contributed by atoms with Gasteiger partial charge in [0.05, 0.1) is 17.2 Å². The lowest BCUT2D eigenvalue weighted by Gasteiger charge is -2.16. The molecular formula is C21H25N7O2. The van der Waals surface area contributed by atoms with Crippen molar-refractivity contribution in [1.29, 1.82) is 0 Å². The molecule has 9 heteroatoms. The topological polar surface area (TPSA) is 105 Å². The Balaban J connectivity index is 1.22. The van der Waals surface area contributed by atoms with Gasteiger partial charge in [-0.25, -0.2) is 15.0 Å². The zero-order valence-electron chi connectivity index (χ0n) is 16.8. The second kappa shape index (κ2) is 9.34. The highest BCUT2D eigenvalue weighted by atomic mass is 16.1. The minimum Gasteiger partial charge on any atom is -0.368 e. The van der Waals surface area contributed by atoms with Crippen molar-refractivity contribution >= 4 is 28.4 Å². The van der Waals surface area contributed by atoms with Crippen LogP contribution in [0.25, 0.3) is 10.9 Å². The van der Waals surface area contributed by atoms with Gasteiger partial charge in [0.2, 0.25) is 5.91 Å². The van der Waals surface area contributed by atoms with Crippen LogP contribution in [-0.4, -0.2) is 51.6 Å². The number of para-hydroxylation sites is 1. The largest absolute Gasteiger partial charge is 0.368 e. The molecule has 0 spiro atoms. The van der Waals surface area contributed by atoms with Crippen LogP contribution in [0.4, 0.5) is 11.6 Å². The van der Waals surface area contributed by atoms with Crippen LogP contribution >= 0.6 is 0 Å². The molecule has 0 aliphatic carbocycles. The van der Waals surface area contributed by atoms with Gasteiger partial charge in [-0.05, 0) is 25.0 Å². The van der Waals surface area contributed by atoms with E-state index in [0.29, 0.717) is 30.5 Å². The van der Waals surface area contributed by atoms with E-state index in [9.17, 15) is 9.59 Å². The van der Waals surface area contributed by atoms with Gasteiger partial charge in [0.1, 0.15) is 18.0 Å². The van der Waals surface area contributed by atoms with Crippen LogP contribution < -0.4 is 21.1 Å². The summed E-state index contributed by atoms with van der Waals surface area (Å²) >= 11 is 0. The molecule has 3 aromatic rings. The van der Waals surface area contributed by atoms with E-state index in [4.69, 9.17) is 0 Å². The highest BCUT2D eigenvalue weighted by Gasteiger charge is 2.14. The number of hydrogen-bond acceptors (Lipinski definition) is 7. The average molecular weight is 407 g/mol. The number of rotatable bonds is 8. The third kappa shape index (κ3) is 4.73. The Kier molecular flexibility index (Phi) is 6.17. The van der Waals surface area contributed by atoms with E-state index in [1.54, 1.807) is 24.5 Å². The molecule has 30 heavy (non-hydrogen) atoms. The summed E-state index contributed by atoms with van der Waals surface area (Å²) in [6.45, 7) is 3.37.